The van der Waals surface area contributed by atoms with Crippen LogP contribution in [0.25, 0.3) is 63.8 Å². The third kappa shape index (κ3) is 9.94. The minimum absolute atomic E-state index is 0.226. The average molecular weight is 771 g/mol. The summed E-state index contributed by atoms with van der Waals surface area (Å²) in [6.45, 7) is 0. The Morgan fingerprint density at radius 2 is 0.581 bits per heavy atom. The normalized spacial score (nSPS) is 10.2. The van der Waals surface area contributed by atoms with Crippen molar-refractivity contribution < 1.29 is 15.1 Å². The van der Waals surface area contributed by atoms with E-state index in [0.717, 1.165) is 40.9 Å². The van der Waals surface area contributed by atoms with Crippen molar-refractivity contribution in [2.45, 2.75) is 0 Å². The molecule has 0 saturated heterocycles. The first kappa shape index (κ1) is 32.8. The molecule has 0 saturated carbocycles. The minimum Gasteiger partial charge on any atom is -0.473 e. The van der Waals surface area contributed by atoms with Crippen LogP contribution in [-0.2, 0) is 15.1 Å². The van der Waals surface area contributed by atoms with Crippen LogP contribution >= 0.6 is 64.7 Å². The fourth-order valence-corrected chi connectivity index (χ4v) is 6.36. The second-order valence-electron chi connectivity index (χ2n) is 7.99. The Bertz CT molecular complexity index is 1600. The van der Waals surface area contributed by atoms with Crippen molar-refractivity contribution in [2.24, 2.45) is 0 Å². The maximum Gasteiger partial charge on any atom is 0.0300 e. The molecular formula is C28H20Cl2N8RhS4-4. The predicted molar refractivity (Wildman–Crippen MR) is 186 cm³/mol. The second kappa shape index (κ2) is 16.6. The molecule has 223 valence electrons. The van der Waals surface area contributed by atoms with Gasteiger partial charge in [-0.2, -0.15) is 0 Å². The average Bonchev–Trinajstić information content (AvgIpc) is 3.76. The van der Waals surface area contributed by atoms with E-state index in [1.165, 1.54) is 45.3 Å². The maximum absolute atomic E-state index is 7.23. The van der Waals surface area contributed by atoms with Gasteiger partial charge in [0.25, 0.3) is 0 Å². The smallest absolute Gasteiger partial charge is 0.0300 e. The summed E-state index contributed by atoms with van der Waals surface area (Å²) >= 11 is 5.41. The Labute approximate surface area is 279 Å². The molecule has 0 aliphatic heterocycles. The third-order valence-corrected chi connectivity index (χ3v) is 8.57. The van der Waals surface area contributed by atoms with Gasteiger partial charge < -0.3 is 42.9 Å². The molecule has 0 radical (unpaired) electrons. The number of thiazole rings is 4. The Morgan fingerprint density at radius 1 is 0.395 bits per heavy atom. The molecule has 4 heterocycles. The number of nitrogens with one attached hydrogen (secondary N) is 4. The largest absolute Gasteiger partial charge is 0.473 e. The van der Waals surface area contributed by atoms with Crippen molar-refractivity contribution in [1.82, 2.24) is 19.9 Å². The summed E-state index contributed by atoms with van der Waals surface area (Å²) in [7, 11) is 9.67. The third-order valence-electron chi connectivity index (χ3n) is 5.18. The fraction of sp³-hybridized carbons (Fsp3) is 0. The standard InChI is InChI=1S/4C7H5N2S.2ClH.Rh/c4*8-7-9-5-3-1-2-4-6(5)10-7;;;/h4*1-4H,(H-,8,9);2*1H;/q4*-1;;;+2/p-2. The van der Waals surface area contributed by atoms with Crippen LogP contribution in [0.1, 0.15) is 0 Å². The molecule has 8 nitrogen and oxygen atoms in total. The molecule has 0 amide bonds. The number of nitrogens with zero attached hydrogens (tertiary/aromatic N) is 4. The van der Waals surface area contributed by atoms with Gasteiger partial charge in [-0.05, 0) is 66.9 Å². The molecule has 4 aromatic carbocycles. The molecule has 15 heteroatoms. The first-order valence-corrected chi connectivity index (χ1v) is 19.5. The number of halogens is 2. The fourth-order valence-electron chi connectivity index (χ4n) is 3.49. The summed E-state index contributed by atoms with van der Waals surface area (Å²) < 4.78 is 4.36. The van der Waals surface area contributed by atoms with Crippen LogP contribution < -0.4 is 0 Å². The quantitative estimate of drug-likeness (QED) is 0.141. The van der Waals surface area contributed by atoms with E-state index >= 15 is 0 Å². The van der Waals surface area contributed by atoms with Crippen LogP contribution in [0, 0.1) is 0 Å². The summed E-state index contributed by atoms with van der Waals surface area (Å²) in [5, 5.41) is 1.56. The van der Waals surface area contributed by atoms with Gasteiger partial charge in [0.15, 0.2) is 0 Å². The van der Waals surface area contributed by atoms with Crippen LogP contribution in [0.5, 0.6) is 0 Å². The first-order chi connectivity index (χ1) is 20.9. The van der Waals surface area contributed by atoms with Crippen LogP contribution in [0.4, 0.5) is 20.5 Å². The van der Waals surface area contributed by atoms with E-state index < -0.39 is 0 Å². The second-order valence-corrected chi connectivity index (χ2v) is 14.6. The predicted octanol–water partition coefficient (Wildman–Crippen LogP) is 13.3. The number of hydrogen-bond donors (Lipinski definition) is 0. The summed E-state index contributed by atoms with van der Waals surface area (Å²) in [6, 6.07) is 31.2. The van der Waals surface area contributed by atoms with E-state index in [1.807, 2.05) is 97.1 Å². The molecule has 0 bridgehead atoms. The van der Waals surface area contributed by atoms with Crippen molar-refractivity contribution in [2.75, 3.05) is 0 Å². The van der Waals surface area contributed by atoms with Crippen LogP contribution in [0.15, 0.2) is 97.1 Å². The molecule has 0 aliphatic carbocycles. The zero-order valence-corrected chi connectivity index (χ0v) is 28.2. The number of benzene rings is 4. The summed E-state index contributed by atoms with van der Waals surface area (Å²) in [4.78, 5) is 16.0. The van der Waals surface area contributed by atoms with Crippen molar-refractivity contribution in [3.8, 4) is 0 Å². The molecular weight excluding hydrogens is 750 g/mol. The van der Waals surface area contributed by atoms with Crippen molar-refractivity contribution in [1.29, 1.82) is 0 Å². The number of aromatic nitrogens is 4. The zero-order valence-electron chi connectivity index (χ0n) is 21.7. The van der Waals surface area contributed by atoms with E-state index in [2.05, 4.69) is 19.9 Å². The van der Waals surface area contributed by atoms with Crippen LogP contribution in [0.3, 0.4) is 0 Å². The van der Waals surface area contributed by atoms with Crippen LogP contribution in [0.2, 0.25) is 0 Å². The van der Waals surface area contributed by atoms with Gasteiger partial charge in [-0.25, -0.2) is 0 Å². The molecule has 0 atom stereocenters. The van der Waals surface area contributed by atoms with Gasteiger partial charge in [-0.3, -0.25) is 0 Å². The van der Waals surface area contributed by atoms with Gasteiger partial charge in [-0.1, -0.05) is 72.8 Å². The van der Waals surface area contributed by atoms with E-state index in [-0.39, 0.29) is 15.1 Å². The Balaban J connectivity index is 0.000000127. The monoisotopic (exact) mass is 769 g/mol. The maximum atomic E-state index is 7.23. The van der Waals surface area contributed by atoms with Gasteiger partial charge in [-0.15, -0.1) is 45.3 Å². The molecule has 0 spiro atoms. The van der Waals surface area contributed by atoms with Crippen LogP contribution in [-0.4, -0.2) is 19.9 Å². The summed E-state index contributed by atoms with van der Waals surface area (Å²) in [5.74, 6) is 0. The first-order valence-electron chi connectivity index (χ1n) is 12.0. The number of rotatable bonds is 0. The molecule has 4 N–H and O–H groups in total. The van der Waals surface area contributed by atoms with Gasteiger partial charge in [0.05, 0.1) is 0 Å². The van der Waals surface area contributed by atoms with Crippen molar-refractivity contribution in [3.63, 3.8) is 0 Å². The van der Waals surface area contributed by atoms with E-state index in [9.17, 15) is 0 Å². The van der Waals surface area contributed by atoms with Crippen molar-refractivity contribution >= 4 is 126 Å². The molecule has 0 fully saturated rings. The van der Waals surface area contributed by atoms with Gasteiger partial charge in [0.1, 0.15) is 0 Å². The Kier molecular flexibility index (Phi) is 12.7. The Hall–Kier alpha value is -3.16. The molecule has 4 aromatic heterocycles. The Morgan fingerprint density at radius 3 is 0.767 bits per heavy atom. The van der Waals surface area contributed by atoms with E-state index in [0.29, 0.717) is 20.5 Å². The molecule has 43 heavy (non-hydrogen) atoms. The zero-order chi connectivity index (χ0) is 30.6. The number of fused-ring (bicyclic) bond motifs is 4. The number of hydrogen-bond acceptors (Lipinski definition) is 8. The molecule has 0 aliphatic rings. The minimum atomic E-state index is -0.226. The van der Waals surface area contributed by atoms with E-state index in [1.54, 1.807) is 0 Å². The number of para-hydroxylation sites is 4. The topological polar surface area (TPSA) is 147 Å². The van der Waals surface area contributed by atoms with Gasteiger partial charge in [0, 0.05) is 18.8 Å². The van der Waals surface area contributed by atoms with Gasteiger partial charge in [0.2, 0.25) is 0 Å². The molecule has 8 rings (SSSR count). The SMILES string of the molecule is [Cl][Rh][Cl].[NH-]c1nc2ccccc2s1.[NH-]c1nc2ccccc2s1.[NH-]c1nc2ccccc2s1.[NH-]c1nc2ccccc2s1. The molecule has 8 aromatic rings. The summed E-state index contributed by atoms with van der Waals surface area (Å²) in [5.41, 5.74) is 32.6. The van der Waals surface area contributed by atoms with Crippen molar-refractivity contribution in [3.05, 3.63) is 120 Å². The molecule has 0 unspecified atom stereocenters. The van der Waals surface area contributed by atoms with Gasteiger partial charge >= 0.3 is 34.5 Å². The summed E-state index contributed by atoms with van der Waals surface area (Å²) in [6.07, 6.45) is 0. The van der Waals surface area contributed by atoms with E-state index in [4.69, 9.17) is 42.3 Å².